The van der Waals surface area contributed by atoms with Gasteiger partial charge in [-0.3, -0.25) is 9.36 Å². The lowest BCUT2D eigenvalue weighted by Gasteiger charge is -2.34. The molecule has 0 radical (unpaired) electrons. The van der Waals surface area contributed by atoms with Crippen molar-refractivity contribution in [3.8, 4) is 5.69 Å². The van der Waals surface area contributed by atoms with Crippen molar-refractivity contribution in [1.29, 1.82) is 0 Å². The monoisotopic (exact) mass is 339 g/mol. The number of nitrogens with zero attached hydrogens (tertiary/aromatic N) is 5. The number of fused-ring (bicyclic) bond motifs is 1. The number of carbonyl (C=O) groups is 1. The van der Waals surface area contributed by atoms with E-state index in [2.05, 4.69) is 26.8 Å². The third kappa shape index (κ3) is 2.87. The van der Waals surface area contributed by atoms with Gasteiger partial charge in [-0.25, -0.2) is 14.4 Å². The van der Waals surface area contributed by atoms with Crippen LogP contribution in [0.1, 0.15) is 10.5 Å². The SMILES string of the molecule is CN1CCN(c2ccc(-n3cnc4ccc(C=O)nc43)cc2F)CC1. The van der Waals surface area contributed by atoms with E-state index in [-0.39, 0.29) is 5.82 Å². The molecule has 4 rings (SSSR count). The zero-order valence-corrected chi connectivity index (χ0v) is 13.9. The van der Waals surface area contributed by atoms with Crippen molar-refractivity contribution in [2.45, 2.75) is 0 Å². The molecule has 6 nitrogen and oxygen atoms in total. The number of aromatic nitrogens is 3. The lowest BCUT2D eigenvalue weighted by molar-refractivity contribution is 0.111. The number of imidazole rings is 1. The third-order valence-corrected chi connectivity index (χ3v) is 4.59. The Bertz CT molecular complexity index is 930. The molecule has 0 bridgehead atoms. The van der Waals surface area contributed by atoms with E-state index in [1.54, 1.807) is 29.1 Å². The second kappa shape index (κ2) is 6.25. The molecule has 1 aromatic carbocycles. The quantitative estimate of drug-likeness (QED) is 0.684. The molecule has 25 heavy (non-hydrogen) atoms. The fourth-order valence-corrected chi connectivity index (χ4v) is 3.11. The lowest BCUT2D eigenvalue weighted by atomic mass is 10.2. The van der Waals surface area contributed by atoms with E-state index in [1.165, 1.54) is 6.07 Å². The van der Waals surface area contributed by atoms with E-state index in [1.807, 2.05) is 6.07 Å². The van der Waals surface area contributed by atoms with Crippen LogP contribution in [0.2, 0.25) is 0 Å². The summed E-state index contributed by atoms with van der Waals surface area (Å²) in [7, 11) is 2.07. The lowest BCUT2D eigenvalue weighted by Crippen LogP contribution is -2.44. The molecule has 0 spiro atoms. The summed E-state index contributed by atoms with van der Waals surface area (Å²) in [6.45, 7) is 3.47. The fraction of sp³-hybridized carbons (Fsp3) is 0.278. The van der Waals surface area contributed by atoms with Gasteiger partial charge in [0.15, 0.2) is 11.9 Å². The standard InChI is InChI=1S/C18H18FN5O/c1-22-6-8-23(9-7-22)17-5-3-14(10-15(17)19)24-12-20-16-4-2-13(11-25)21-18(16)24/h2-5,10-12H,6-9H2,1H3. The minimum absolute atomic E-state index is 0.268. The average Bonchev–Trinajstić information content (AvgIpc) is 3.05. The summed E-state index contributed by atoms with van der Waals surface area (Å²) in [5.74, 6) is -0.268. The Balaban J connectivity index is 1.70. The molecule has 7 heteroatoms. The molecule has 0 unspecified atom stereocenters. The average molecular weight is 339 g/mol. The highest BCUT2D eigenvalue weighted by atomic mass is 19.1. The molecule has 0 amide bonds. The van der Waals surface area contributed by atoms with E-state index in [0.717, 1.165) is 26.2 Å². The summed E-state index contributed by atoms with van der Waals surface area (Å²) in [5.41, 5.74) is 2.77. The fourth-order valence-electron chi connectivity index (χ4n) is 3.11. The van der Waals surface area contributed by atoms with Crippen molar-refractivity contribution >= 4 is 23.1 Å². The normalized spacial score (nSPS) is 15.7. The summed E-state index contributed by atoms with van der Waals surface area (Å²) < 4.78 is 16.4. The topological polar surface area (TPSA) is 54.3 Å². The number of likely N-dealkylation sites (N-methyl/N-ethyl adjacent to an activating group) is 1. The summed E-state index contributed by atoms with van der Waals surface area (Å²) in [4.78, 5) is 23.8. The zero-order chi connectivity index (χ0) is 17.4. The van der Waals surface area contributed by atoms with Crippen LogP contribution < -0.4 is 4.90 Å². The molecule has 2 aromatic heterocycles. The van der Waals surface area contributed by atoms with Crippen molar-refractivity contribution in [2.75, 3.05) is 38.1 Å². The molecule has 1 aliphatic rings. The van der Waals surface area contributed by atoms with E-state index in [0.29, 0.717) is 34.5 Å². The van der Waals surface area contributed by atoms with E-state index in [4.69, 9.17) is 0 Å². The Labute approximate surface area is 144 Å². The molecule has 1 fully saturated rings. The molecular formula is C18H18FN5O. The van der Waals surface area contributed by atoms with Crippen LogP contribution in [0.5, 0.6) is 0 Å². The van der Waals surface area contributed by atoms with Crippen molar-refractivity contribution in [2.24, 2.45) is 0 Å². The van der Waals surface area contributed by atoms with Crippen LogP contribution in [0.4, 0.5) is 10.1 Å². The van der Waals surface area contributed by atoms with Gasteiger partial charge in [-0.15, -0.1) is 0 Å². The molecule has 0 atom stereocenters. The van der Waals surface area contributed by atoms with Gasteiger partial charge in [0, 0.05) is 32.2 Å². The highest BCUT2D eigenvalue weighted by Crippen LogP contribution is 2.25. The predicted molar refractivity (Wildman–Crippen MR) is 93.9 cm³/mol. The van der Waals surface area contributed by atoms with Crippen molar-refractivity contribution in [1.82, 2.24) is 19.4 Å². The summed E-state index contributed by atoms with van der Waals surface area (Å²) in [6.07, 6.45) is 2.28. The minimum atomic E-state index is -0.268. The Hall–Kier alpha value is -2.80. The molecule has 3 aromatic rings. The van der Waals surface area contributed by atoms with Crippen LogP contribution in [0.15, 0.2) is 36.7 Å². The van der Waals surface area contributed by atoms with Crippen LogP contribution in [-0.4, -0.2) is 58.9 Å². The molecule has 1 saturated heterocycles. The van der Waals surface area contributed by atoms with Crippen LogP contribution in [-0.2, 0) is 0 Å². The summed E-state index contributed by atoms with van der Waals surface area (Å²) >= 11 is 0. The van der Waals surface area contributed by atoms with Gasteiger partial charge in [-0.05, 0) is 31.3 Å². The van der Waals surface area contributed by atoms with Crippen molar-refractivity contribution < 1.29 is 9.18 Å². The number of benzene rings is 1. The van der Waals surface area contributed by atoms with Gasteiger partial charge in [0.2, 0.25) is 0 Å². The van der Waals surface area contributed by atoms with Gasteiger partial charge in [0.1, 0.15) is 23.4 Å². The highest BCUT2D eigenvalue weighted by Gasteiger charge is 2.18. The van der Waals surface area contributed by atoms with Crippen LogP contribution in [0, 0.1) is 5.82 Å². The number of carbonyl (C=O) groups excluding carboxylic acids is 1. The number of anilines is 1. The second-order valence-corrected chi connectivity index (χ2v) is 6.24. The van der Waals surface area contributed by atoms with Crippen LogP contribution in [0.3, 0.4) is 0 Å². The number of rotatable bonds is 3. The zero-order valence-electron chi connectivity index (χ0n) is 13.9. The maximum atomic E-state index is 14.7. The maximum absolute atomic E-state index is 14.7. The number of hydrogen-bond donors (Lipinski definition) is 0. The van der Waals surface area contributed by atoms with Crippen molar-refractivity contribution in [3.05, 3.63) is 48.2 Å². The number of pyridine rings is 1. The molecular weight excluding hydrogens is 321 g/mol. The second-order valence-electron chi connectivity index (χ2n) is 6.24. The smallest absolute Gasteiger partial charge is 0.168 e. The van der Waals surface area contributed by atoms with E-state index < -0.39 is 0 Å². The van der Waals surface area contributed by atoms with E-state index >= 15 is 0 Å². The first kappa shape index (κ1) is 15.7. The highest BCUT2D eigenvalue weighted by molar-refractivity contribution is 5.80. The number of piperazine rings is 1. The number of aldehydes is 1. The molecule has 1 aliphatic heterocycles. The number of hydrogen-bond acceptors (Lipinski definition) is 5. The van der Waals surface area contributed by atoms with Crippen LogP contribution >= 0.6 is 0 Å². The molecule has 0 saturated carbocycles. The summed E-state index contributed by atoms with van der Waals surface area (Å²) in [5, 5.41) is 0. The van der Waals surface area contributed by atoms with Crippen LogP contribution in [0.25, 0.3) is 16.9 Å². The van der Waals surface area contributed by atoms with Crippen molar-refractivity contribution in [3.63, 3.8) is 0 Å². The first-order chi connectivity index (χ1) is 12.2. The Morgan fingerprint density at radius 3 is 2.64 bits per heavy atom. The third-order valence-electron chi connectivity index (χ3n) is 4.59. The first-order valence-corrected chi connectivity index (χ1v) is 8.18. The Morgan fingerprint density at radius 2 is 1.92 bits per heavy atom. The number of halogens is 1. The van der Waals surface area contributed by atoms with Gasteiger partial charge in [0.05, 0.1) is 11.4 Å². The molecule has 0 N–H and O–H groups in total. The van der Waals surface area contributed by atoms with Gasteiger partial charge < -0.3 is 9.80 Å². The van der Waals surface area contributed by atoms with Gasteiger partial charge >= 0.3 is 0 Å². The maximum Gasteiger partial charge on any atom is 0.168 e. The minimum Gasteiger partial charge on any atom is -0.367 e. The van der Waals surface area contributed by atoms with E-state index in [9.17, 15) is 9.18 Å². The van der Waals surface area contributed by atoms with Gasteiger partial charge in [0.25, 0.3) is 0 Å². The molecule has 0 aliphatic carbocycles. The van der Waals surface area contributed by atoms with Gasteiger partial charge in [-0.1, -0.05) is 0 Å². The molecule has 3 heterocycles. The largest absolute Gasteiger partial charge is 0.367 e. The van der Waals surface area contributed by atoms with Gasteiger partial charge in [-0.2, -0.15) is 0 Å². The Morgan fingerprint density at radius 1 is 1.12 bits per heavy atom. The summed E-state index contributed by atoms with van der Waals surface area (Å²) in [6, 6.07) is 8.49. The first-order valence-electron chi connectivity index (χ1n) is 8.18. The predicted octanol–water partition coefficient (Wildman–Crippen LogP) is 2.12. The Kier molecular flexibility index (Phi) is 3.93. The molecule has 128 valence electrons.